The van der Waals surface area contributed by atoms with Crippen LogP contribution in [0.4, 0.5) is 0 Å². The van der Waals surface area contributed by atoms with Crippen LogP contribution >= 0.6 is 34.8 Å². The van der Waals surface area contributed by atoms with Gasteiger partial charge in [-0.15, -0.1) is 0 Å². The Balaban J connectivity index is 1.71. The smallest absolute Gasteiger partial charge is 0.219 e. The molecule has 7 rings (SSSR count). The summed E-state index contributed by atoms with van der Waals surface area (Å²) in [5.41, 5.74) is -0.380. The van der Waals surface area contributed by atoms with Crippen LogP contribution in [0, 0.1) is 47.3 Å². The number of alkyl halides is 3. The molecule has 0 radical (unpaired) electrons. The first-order chi connectivity index (χ1) is 7.57. The van der Waals surface area contributed by atoms with Crippen LogP contribution in [0.15, 0.2) is 0 Å². The Morgan fingerprint density at radius 1 is 0.938 bits per heavy atom. The molecular weight excluding hydrogens is 266 g/mol. The lowest BCUT2D eigenvalue weighted by Gasteiger charge is -2.47. The molecule has 0 spiro atoms. The molecule has 5 aliphatic carbocycles. The summed E-state index contributed by atoms with van der Waals surface area (Å²) in [7, 11) is 0. The Morgan fingerprint density at radius 2 is 1.75 bits per heavy atom. The van der Waals surface area contributed by atoms with E-state index in [1.54, 1.807) is 0 Å². The van der Waals surface area contributed by atoms with Crippen molar-refractivity contribution in [2.45, 2.75) is 21.9 Å². The van der Waals surface area contributed by atoms with E-state index in [1.807, 2.05) is 0 Å². The molecule has 0 N–H and O–H groups in total. The lowest BCUT2D eigenvalue weighted by Crippen LogP contribution is -2.54. The Labute approximate surface area is 109 Å². The molecule has 0 amide bonds. The topological polar surface area (TPSA) is 9.23 Å². The maximum absolute atomic E-state index is 6.32. The van der Waals surface area contributed by atoms with Gasteiger partial charge < -0.3 is 4.74 Å². The van der Waals surface area contributed by atoms with Crippen LogP contribution in [0.1, 0.15) is 6.42 Å². The van der Waals surface area contributed by atoms with Crippen LogP contribution in [0.5, 0.6) is 0 Å². The molecule has 86 valence electrons. The van der Waals surface area contributed by atoms with Crippen molar-refractivity contribution < 1.29 is 4.74 Å². The van der Waals surface area contributed by atoms with E-state index in [1.165, 1.54) is 6.42 Å². The van der Waals surface area contributed by atoms with E-state index < -0.39 is 3.79 Å². The average molecular weight is 278 g/mol. The van der Waals surface area contributed by atoms with Crippen LogP contribution in [0.2, 0.25) is 0 Å². The molecule has 0 unspecified atom stereocenters. The van der Waals surface area contributed by atoms with Gasteiger partial charge in [0.2, 0.25) is 3.79 Å². The SMILES string of the molecule is ClC(Cl)(Cl)[C@@]12O[C@@H]3[C@@H]4[C@@H]5[C@@H]6C[C@@H]([C@H]5[C@H]41)[C@@H]2[C@@H]63. The zero-order chi connectivity index (χ0) is 10.6. The number of hydrogen-bond acceptors (Lipinski definition) is 1. The maximum Gasteiger partial charge on any atom is 0.219 e. The van der Waals surface area contributed by atoms with Gasteiger partial charge in [-0.05, 0) is 41.9 Å². The van der Waals surface area contributed by atoms with Gasteiger partial charge in [0.25, 0.3) is 0 Å². The highest BCUT2D eigenvalue weighted by molar-refractivity contribution is 6.68. The number of hydrogen-bond donors (Lipinski definition) is 0. The predicted octanol–water partition coefficient (Wildman–Crippen LogP) is 2.88. The minimum atomic E-state index is -1.21. The van der Waals surface area contributed by atoms with Gasteiger partial charge in [0.15, 0.2) is 0 Å². The fourth-order valence-electron chi connectivity index (χ4n) is 7.46. The summed E-state index contributed by atoms with van der Waals surface area (Å²) in [5.74, 6) is 6.28. The second-order valence-corrected chi connectivity index (χ2v) is 9.08. The van der Waals surface area contributed by atoms with Crippen LogP contribution in [0.25, 0.3) is 0 Å². The van der Waals surface area contributed by atoms with E-state index in [0.717, 1.165) is 35.5 Å². The summed E-state index contributed by atoms with van der Waals surface area (Å²) in [6.45, 7) is 0. The summed E-state index contributed by atoms with van der Waals surface area (Å²) < 4.78 is 5.12. The zero-order valence-electron chi connectivity index (χ0n) is 8.45. The normalized spacial score (nSPS) is 79.3. The Bertz CT molecular complexity index is 436. The van der Waals surface area contributed by atoms with Gasteiger partial charge in [-0.3, -0.25) is 0 Å². The van der Waals surface area contributed by atoms with E-state index in [9.17, 15) is 0 Å². The van der Waals surface area contributed by atoms with E-state index in [4.69, 9.17) is 39.5 Å². The zero-order valence-corrected chi connectivity index (χ0v) is 10.7. The summed E-state index contributed by atoms with van der Waals surface area (Å²) in [6.07, 6.45) is 1.88. The lowest BCUT2D eigenvalue weighted by atomic mass is 9.57. The monoisotopic (exact) mass is 276 g/mol. The minimum absolute atomic E-state index is 0.380. The predicted molar refractivity (Wildman–Crippen MR) is 60.4 cm³/mol. The average Bonchev–Trinajstić information content (AvgIpc) is 2.68. The molecule has 10 atom stereocenters. The molecule has 2 aliphatic heterocycles. The molecule has 16 heavy (non-hydrogen) atoms. The largest absolute Gasteiger partial charge is 0.366 e. The molecule has 7 aliphatic rings. The first-order valence-corrected chi connectivity index (χ1v) is 7.45. The quantitative estimate of drug-likeness (QED) is 0.619. The molecule has 7 fully saturated rings. The van der Waals surface area contributed by atoms with Gasteiger partial charge >= 0.3 is 0 Å². The number of halogens is 3. The molecule has 1 nitrogen and oxygen atoms in total. The van der Waals surface area contributed by atoms with Gasteiger partial charge in [-0.2, -0.15) is 0 Å². The van der Waals surface area contributed by atoms with Crippen molar-refractivity contribution in [2.24, 2.45) is 47.3 Å². The highest BCUT2D eigenvalue weighted by atomic mass is 35.6. The van der Waals surface area contributed by atoms with Gasteiger partial charge in [0.05, 0.1) is 6.10 Å². The molecule has 0 aromatic heterocycles. The molecule has 4 heteroatoms. The third-order valence-corrected chi connectivity index (χ3v) is 8.03. The first-order valence-electron chi connectivity index (χ1n) is 6.32. The fourth-order valence-corrected chi connectivity index (χ4v) is 8.35. The van der Waals surface area contributed by atoms with Crippen molar-refractivity contribution >= 4 is 34.8 Å². The van der Waals surface area contributed by atoms with Crippen LogP contribution in [0.3, 0.4) is 0 Å². The van der Waals surface area contributed by atoms with E-state index >= 15 is 0 Å². The first kappa shape index (κ1) is 8.85. The number of ether oxygens (including phenoxy) is 1. The molecule has 0 aromatic rings. The molecular formula is C12H11Cl3O. The van der Waals surface area contributed by atoms with Gasteiger partial charge in [0.1, 0.15) is 5.60 Å². The van der Waals surface area contributed by atoms with Crippen molar-refractivity contribution in [3.05, 3.63) is 0 Å². The van der Waals surface area contributed by atoms with Gasteiger partial charge in [0, 0.05) is 11.8 Å². The molecule has 2 heterocycles. The standard InChI is InChI=1S/C12H11Cl3O/c13-12(14,15)11-8-3-1-2-4-5(3)9(11)7(4)10(16-11)6(2)8/h2-10H,1H2/t2-,3-,4+,5+,6+,7+,8+,9+,10-,11-/m0/s1. The van der Waals surface area contributed by atoms with E-state index in [2.05, 4.69) is 0 Å². The van der Waals surface area contributed by atoms with Crippen LogP contribution in [-0.4, -0.2) is 15.5 Å². The van der Waals surface area contributed by atoms with Crippen LogP contribution < -0.4 is 0 Å². The highest BCUT2D eigenvalue weighted by Crippen LogP contribution is 2.92. The van der Waals surface area contributed by atoms with Gasteiger partial charge in [-0.25, -0.2) is 0 Å². The van der Waals surface area contributed by atoms with E-state index in [0.29, 0.717) is 17.9 Å². The Morgan fingerprint density at radius 3 is 2.50 bits per heavy atom. The van der Waals surface area contributed by atoms with E-state index in [-0.39, 0.29) is 5.60 Å². The minimum Gasteiger partial charge on any atom is -0.366 e. The Kier molecular flexibility index (Phi) is 1.10. The summed E-state index contributed by atoms with van der Waals surface area (Å²) in [6, 6.07) is 0. The van der Waals surface area contributed by atoms with Crippen LogP contribution in [-0.2, 0) is 4.74 Å². The summed E-state index contributed by atoms with van der Waals surface area (Å²) in [5, 5.41) is 0. The second kappa shape index (κ2) is 1.99. The Hall–Kier alpha value is 0.830. The summed E-state index contributed by atoms with van der Waals surface area (Å²) in [4.78, 5) is 0. The van der Waals surface area contributed by atoms with Crippen molar-refractivity contribution in [1.29, 1.82) is 0 Å². The molecule has 4 bridgehead atoms. The molecule has 5 saturated carbocycles. The third kappa shape index (κ3) is 0.507. The van der Waals surface area contributed by atoms with Crippen molar-refractivity contribution in [1.82, 2.24) is 0 Å². The van der Waals surface area contributed by atoms with Crippen molar-refractivity contribution in [2.75, 3.05) is 0 Å². The van der Waals surface area contributed by atoms with Crippen molar-refractivity contribution in [3.8, 4) is 0 Å². The maximum atomic E-state index is 6.32. The highest BCUT2D eigenvalue weighted by Gasteiger charge is 2.95. The van der Waals surface area contributed by atoms with Gasteiger partial charge in [-0.1, -0.05) is 34.8 Å². The molecule has 0 aromatic carbocycles. The summed E-state index contributed by atoms with van der Waals surface area (Å²) >= 11 is 18.9. The van der Waals surface area contributed by atoms with Crippen molar-refractivity contribution in [3.63, 3.8) is 0 Å². The number of rotatable bonds is 0. The third-order valence-electron chi connectivity index (χ3n) is 7.14. The fraction of sp³-hybridized carbons (Fsp3) is 1.00. The second-order valence-electron chi connectivity index (χ2n) is 6.80. The molecule has 2 saturated heterocycles. The lowest BCUT2D eigenvalue weighted by molar-refractivity contribution is -0.0275.